The second kappa shape index (κ2) is 10.3. The molecule has 0 bridgehead atoms. The van der Waals surface area contributed by atoms with Gasteiger partial charge >= 0.3 is 0 Å². The number of nitrogens with one attached hydrogen (secondary N) is 1. The molecule has 1 aliphatic heterocycles. The maximum Gasteiger partial charge on any atom is 0.260 e. The Balaban J connectivity index is 1.58. The van der Waals surface area contributed by atoms with Gasteiger partial charge in [0.25, 0.3) is 15.9 Å². The first kappa shape index (κ1) is 26.7. The number of aromatic nitrogens is 2. The van der Waals surface area contributed by atoms with E-state index in [1.165, 1.54) is 22.1 Å². The molecule has 0 saturated heterocycles. The van der Waals surface area contributed by atoms with Crippen LogP contribution in [0, 0.1) is 5.92 Å². The second-order valence-corrected chi connectivity index (χ2v) is 13.4. The summed E-state index contributed by atoms with van der Waals surface area (Å²) in [5.41, 5.74) is 0.0415. The van der Waals surface area contributed by atoms with Crippen molar-refractivity contribution in [2.45, 2.75) is 56.0 Å². The average molecular weight is 626 g/mol. The van der Waals surface area contributed by atoms with Crippen LogP contribution in [-0.2, 0) is 26.8 Å². The standard InChI is InChI=1S/C26H27BrCl2N4O3S/c1-26(14-17-7-9-19(27)10-8-17)24(34)32(22-12-20(28)11-21(29)13-22)25-30-16-23(33(25)26)37(35,36)31-15-18-5-3-2-4-6-18/h7-13,16,18,31H,2-6,14-15H2,1H3. The smallest absolute Gasteiger partial charge is 0.260 e. The van der Waals surface area contributed by atoms with E-state index in [0.29, 0.717) is 28.2 Å². The number of carbonyl (C=O) groups excluding carboxylic acids is 1. The van der Waals surface area contributed by atoms with Gasteiger partial charge in [0.1, 0.15) is 5.54 Å². The minimum absolute atomic E-state index is 0.0399. The van der Waals surface area contributed by atoms with Crippen molar-refractivity contribution >= 4 is 66.7 Å². The molecule has 1 N–H and O–H groups in total. The van der Waals surface area contributed by atoms with Crippen LogP contribution >= 0.6 is 39.1 Å². The van der Waals surface area contributed by atoms with Crippen LogP contribution in [0.5, 0.6) is 0 Å². The van der Waals surface area contributed by atoms with E-state index in [9.17, 15) is 13.2 Å². The molecule has 1 saturated carbocycles. The summed E-state index contributed by atoms with van der Waals surface area (Å²) in [6, 6.07) is 12.4. The Labute approximate surface area is 235 Å². The largest absolute Gasteiger partial charge is 0.284 e. The van der Waals surface area contributed by atoms with E-state index >= 15 is 0 Å². The molecular weight excluding hydrogens is 599 g/mol. The van der Waals surface area contributed by atoms with Crippen molar-refractivity contribution in [1.29, 1.82) is 0 Å². The molecule has 0 radical (unpaired) electrons. The Kier molecular flexibility index (Phi) is 7.46. The van der Waals surface area contributed by atoms with Gasteiger partial charge in [0.05, 0.1) is 11.9 Å². The Morgan fingerprint density at radius 1 is 1.08 bits per heavy atom. The van der Waals surface area contributed by atoms with E-state index in [-0.39, 0.29) is 23.3 Å². The summed E-state index contributed by atoms with van der Waals surface area (Å²) in [6.45, 7) is 2.11. The van der Waals surface area contributed by atoms with Gasteiger partial charge in [0.15, 0.2) is 5.03 Å². The predicted octanol–water partition coefficient (Wildman–Crippen LogP) is 6.45. The van der Waals surface area contributed by atoms with Crippen LogP contribution in [0.1, 0.15) is 44.6 Å². The van der Waals surface area contributed by atoms with Crippen LogP contribution < -0.4 is 9.62 Å². The number of halogens is 3. The first-order chi connectivity index (χ1) is 17.6. The van der Waals surface area contributed by atoms with Crippen molar-refractivity contribution in [3.63, 3.8) is 0 Å². The highest BCUT2D eigenvalue weighted by molar-refractivity contribution is 9.10. The summed E-state index contributed by atoms with van der Waals surface area (Å²) in [4.78, 5) is 19.9. The van der Waals surface area contributed by atoms with Crippen LogP contribution in [0.4, 0.5) is 11.6 Å². The lowest BCUT2D eigenvalue weighted by Crippen LogP contribution is -2.43. The number of amides is 1. The van der Waals surface area contributed by atoms with Crippen molar-refractivity contribution < 1.29 is 13.2 Å². The molecule has 5 rings (SSSR count). The third-order valence-electron chi connectivity index (χ3n) is 7.20. The highest BCUT2D eigenvalue weighted by Gasteiger charge is 2.51. The van der Waals surface area contributed by atoms with Gasteiger partial charge in [-0.2, -0.15) is 0 Å². The molecule has 1 unspecified atom stereocenters. The van der Waals surface area contributed by atoms with Gasteiger partial charge in [-0.05, 0) is 61.6 Å². The summed E-state index contributed by atoms with van der Waals surface area (Å²) < 4.78 is 32.4. The fourth-order valence-electron chi connectivity index (χ4n) is 5.31. The number of rotatable bonds is 7. The van der Waals surface area contributed by atoms with Crippen LogP contribution in [0.2, 0.25) is 10.0 Å². The minimum Gasteiger partial charge on any atom is -0.284 e. The molecule has 1 aromatic heterocycles. The summed E-state index contributed by atoms with van der Waals surface area (Å²) >= 11 is 15.9. The quantitative estimate of drug-likeness (QED) is 0.327. The number of fused-ring (bicyclic) bond motifs is 1. The highest BCUT2D eigenvalue weighted by atomic mass is 79.9. The van der Waals surface area contributed by atoms with Gasteiger partial charge in [0.2, 0.25) is 5.95 Å². The van der Waals surface area contributed by atoms with Crippen LogP contribution in [0.25, 0.3) is 0 Å². The molecule has 0 spiro atoms. The molecule has 1 amide bonds. The summed E-state index contributed by atoms with van der Waals surface area (Å²) in [5.74, 6) is 0.201. The van der Waals surface area contributed by atoms with Gasteiger partial charge in [-0.15, -0.1) is 0 Å². The Morgan fingerprint density at radius 2 is 1.73 bits per heavy atom. The molecule has 1 aliphatic carbocycles. The number of sulfonamides is 1. The van der Waals surface area contributed by atoms with E-state index in [4.69, 9.17) is 23.2 Å². The molecule has 3 aromatic rings. The predicted molar refractivity (Wildman–Crippen MR) is 149 cm³/mol. The highest BCUT2D eigenvalue weighted by Crippen LogP contribution is 2.44. The van der Waals surface area contributed by atoms with Gasteiger partial charge in [0, 0.05) is 27.5 Å². The van der Waals surface area contributed by atoms with Crippen LogP contribution in [-0.4, -0.2) is 30.4 Å². The van der Waals surface area contributed by atoms with Crippen molar-refractivity contribution in [1.82, 2.24) is 14.3 Å². The van der Waals surface area contributed by atoms with Gasteiger partial charge in [-0.3, -0.25) is 9.36 Å². The van der Waals surface area contributed by atoms with Crippen LogP contribution in [0.3, 0.4) is 0 Å². The van der Waals surface area contributed by atoms with Crippen molar-refractivity contribution in [2.24, 2.45) is 5.92 Å². The first-order valence-corrected chi connectivity index (χ1v) is 15.2. The van der Waals surface area contributed by atoms with E-state index in [1.54, 1.807) is 25.1 Å². The fourth-order valence-corrected chi connectivity index (χ4v) is 7.41. The topological polar surface area (TPSA) is 84.3 Å². The lowest BCUT2D eigenvalue weighted by Gasteiger charge is -2.27. The van der Waals surface area contributed by atoms with Crippen LogP contribution in [0.15, 0.2) is 58.2 Å². The fraction of sp³-hybridized carbons (Fsp3) is 0.385. The summed E-state index contributed by atoms with van der Waals surface area (Å²) in [7, 11) is -3.95. The number of nitrogens with zero attached hydrogens (tertiary/aromatic N) is 3. The van der Waals surface area contributed by atoms with Crippen molar-refractivity contribution in [3.05, 3.63) is 68.7 Å². The molecule has 37 heavy (non-hydrogen) atoms. The summed E-state index contributed by atoms with van der Waals surface area (Å²) in [6.07, 6.45) is 7.03. The average Bonchev–Trinajstić information content (AvgIpc) is 3.38. The van der Waals surface area contributed by atoms with Crippen molar-refractivity contribution in [2.75, 3.05) is 11.4 Å². The Hall–Kier alpha value is -1.91. The van der Waals surface area contributed by atoms with E-state index in [1.807, 2.05) is 24.3 Å². The molecular formula is C26H27BrCl2N4O3S. The maximum atomic E-state index is 14.1. The summed E-state index contributed by atoms with van der Waals surface area (Å²) in [5, 5.41) is 0.677. The van der Waals surface area contributed by atoms with Gasteiger partial charge < -0.3 is 0 Å². The molecule has 196 valence electrons. The van der Waals surface area contributed by atoms with Gasteiger partial charge in [-0.1, -0.05) is 70.5 Å². The molecule has 1 atom stereocenters. The Morgan fingerprint density at radius 3 is 2.38 bits per heavy atom. The van der Waals surface area contributed by atoms with Gasteiger partial charge in [-0.25, -0.2) is 23.0 Å². The third-order valence-corrected chi connectivity index (χ3v) is 9.55. The van der Waals surface area contributed by atoms with E-state index in [0.717, 1.165) is 35.7 Å². The number of anilines is 2. The van der Waals surface area contributed by atoms with E-state index < -0.39 is 15.6 Å². The third kappa shape index (κ3) is 5.21. The number of hydrogen-bond acceptors (Lipinski definition) is 4. The molecule has 2 heterocycles. The molecule has 2 aromatic carbocycles. The first-order valence-electron chi connectivity index (χ1n) is 12.2. The normalized spacial score (nSPS) is 20.4. The minimum atomic E-state index is -3.95. The monoisotopic (exact) mass is 624 g/mol. The second-order valence-electron chi connectivity index (χ2n) is 9.93. The number of carbonyl (C=O) groups is 1. The Bertz CT molecular complexity index is 1420. The van der Waals surface area contributed by atoms with E-state index in [2.05, 4.69) is 25.6 Å². The molecule has 1 fully saturated rings. The zero-order chi connectivity index (χ0) is 26.4. The SMILES string of the molecule is CC1(Cc2ccc(Br)cc2)C(=O)N(c2cc(Cl)cc(Cl)c2)c2ncc(S(=O)(=O)NCC3CCCCC3)n21. The number of hydrogen-bond donors (Lipinski definition) is 1. The molecule has 2 aliphatic rings. The number of imidazole rings is 1. The maximum absolute atomic E-state index is 14.1. The molecule has 7 nitrogen and oxygen atoms in total. The molecule has 11 heteroatoms. The number of benzene rings is 2. The zero-order valence-electron chi connectivity index (χ0n) is 20.3. The lowest BCUT2D eigenvalue weighted by atomic mass is 9.90. The zero-order valence-corrected chi connectivity index (χ0v) is 24.2. The lowest BCUT2D eigenvalue weighted by molar-refractivity contribution is -0.124. The van der Waals surface area contributed by atoms with Crippen molar-refractivity contribution in [3.8, 4) is 0 Å².